The highest BCUT2D eigenvalue weighted by Crippen LogP contribution is 2.47. The number of esters is 1. The van der Waals surface area contributed by atoms with Gasteiger partial charge in [0.05, 0.1) is 25.9 Å². The van der Waals surface area contributed by atoms with Crippen molar-refractivity contribution in [3.63, 3.8) is 0 Å². The largest absolute Gasteiger partial charge is 0.493 e. The van der Waals surface area contributed by atoms with Gasteiger partial charge in [-0.3, -0.25) is 28.7 Å². The number of hydrogen-bond donors (Lipinski definition) is 2. The Labute approximate surface area is 311 Å². The minimum atomic E-state index is -3.90. The third-order valence-electron chi connectivity index (χ3n) is 11.1. The average Bonchev–Trinajstić information content (AvgIpc) is 3.99. The summed E-state index contributed by atoms with van der Waals surface area (Å²) in [5.74, 6) is -3.55. The van der Waals surface area contributed by atoms with Gasteiger partial charge in [0.1, 0.15) is 17.2 Å². The van der Waals surface area contributed by atoms with E-state index in [4.69, 9.17) is 14.2 Å². The molecule has 1 aromatic rings. The number of likely N-dealkylation sites (tertiary alicyclic amines) is 1. The van der Waals surface area contributed by atoms with Gasteiger partial charge >= 0.3 is 5.97 Å². The maximum atomic E-state index is 14.6. The Hall–Kier alpha value is -4.14. The van der Waals surface area contributed by atoms with Crippen LogP contribution in [0.15, 0.2) is 30.4 Å². The normalized spacial score (nSPS) is 29.7. The van der Waals surface area contributed by atoms with Crippen molar-refractivity contribution in [2.45, 2.75) is 101 Å². The van der Waals surface area contributed by atoms with Crippen LogP contribution >= 0.6 is 0 Å². The van der Waals surface area contributed by atoms with Crippen molar-refractivity contribution < 1.29 is 46.6 Å². The van der Waals surface area contributed by atoms with E-state index in [1.54, 1.807) is 43.9 Å². The number of rotatable bonds is 8. The van der Waals surface area contributed by atoms with Gasteiger partial charge in [0.15, 0.2) is 11.5 Å². The van der Waals surface area contributed by atoms with Crippen molar-refractivity contribution in [2.75, 3.05) is 33.9 Å². The van der Waals surface area contributed by atoms with Gasteiger partial charge in [-0.15, -0.1) is 0 Å². The highest BCUT2D eigenvalue weighted by Gasteiger charge is 2.63. The van der Waals surface area contributed by atoms with Crippen LogP contribution in [0.25, 0.3) is 0 Å². The highest BCUT2D eigenvalue weighted by molar-refractivity contribution is 7.91. The maximum absolute atomic E-state index is 14.6. The molecule has 53 heavy (non-hydrogen) atoms. The van der Waals surface area contributed by atoms with Crippen molar-refractivity contribution in [3.8, 4) is 11.5 Å². The van der Waals surface area contributed by atoms with E-state index >= 15 is 0 Å². The minimum Gasteiger partial charge on any atom is -0.493 e. The standard InChI is InChI=1S/C38H52N4O10S/c1-37(2,3)52-31(43)18-23-11-9-7-6-8-10-12-26-19-38(26,36(47)40-53(48,49)27-14-15-27)39-33(44)32-28-22-41(20-25(28)21-42(32)35(23)46)34(45)24-13-16-29(50-4)30(17-24)51-5/h10,12-13,16-17,23,25-28,32H,6-9,11,14-15,18-22H2,1-5H3,(H,39,44)(H,40,47)/b12-10-/t23-,25-,26+,28-,32-,38+/m0/s1. The monoisotopic (exact) mass is 756 g/mol. The van der Waals surface area contributed by atoms with E-state index in [0.29, 0.717) is 49.2 Å². The molecule has 6 rings (SSSR count). The number of fused-ring (bicyclic) bond motifs is 4. The molecule has 3 heterocycles. The first-order valence-electron chi connectivity index (χ1n) is 18.6. The first kappa shape index (κ1) is 38.6. The number of amides is 4. The number of ether oxygens (including phenoxy) is 3. The molecule has 14 nitrogen and oxygen atoms in total. The molecule has 2 saturated carbocycles. The molecule has 2 N–H and O–H groups in total. The van der Waals surface area contributed by atoms with Gasteiger partial charge in [0.2, 0.25) is 21.8 Å². The summed E-state index contributed by atoms with van der Waals surface area (Å²) in [6, 6.07) is 3.82. The number of carbonyl (C=O) groups excluding carboxylic acids is 5. The van der Waals surface area contributed by atoms with Gasteiger partial charge in [0, 0.05) is 48.9 Å². The topological polar surface area (TPSA) is 178 Å². The Bertz CT molecular complexity index is 1770. The number of sulfonamides is 1. The molecule has 290 valence electrons. The smallest absolute Gasteiger partial charge is 0.307 e. The lowest BCUT2D eigenvalue weighted by Crippen LogP contribution is -2.58. The molecule has 0 aromatic heterocycles. The fourth-order valence-corrected chi connectivity index (χ4v) is 9.47. The minimum absolute atomic E-state index is 0.145. The maximum Gasteiger partial charge on any atom is 0.307 e. The molecule has 2 saturated heterocycles. The Balaban J connectivity index is 1.31. The van der Waals surface area contributed by atoms with E-state index in [1.807, 2.05) is 12.2 Å². The second-order valence-electron chi connectivity index (χ2n) is 16.1. The van der Waals surface area contributed by atoms with Crippen molar-refractivity contribution in [2.24, 2.45) is 23.7 Å². The second-order valence-corrected chi connectivity index (χ2v) is 18.1. The molecular formula is C38H52N4O10S. The summed E-state index contributed by atoms with van der Waals surface area (Å²) in [7, 11) is -0.913. The third-order valence-corrected chi connectivity index (χ3v) is 12.9. The zero-order valence-corrected chi connectivity index (χ0v) is 32.0. The van der Waals surface area contributed by atoms with Gasteiger partial charge in [0.25, 0.3) is 11.8 Å². The average molecular weight is 757 g/mol. The number of benzene rings is 1. The summed E-state index contributed by atoms with van der Waals surface area (Å²) in [6.07, 6.45) is 8.27. The lowest BCUT2D eigenvalue weighted by Gasteiger charge is -2.33. The highest BCUT2D eigenvalue weighted by atomic mass is 32.2. The van der Waals surface area contributed by atoms with E-state index < -0.39 is 68.0 Å². The summed E-state index contributed by atoms with van der Waals surface area (Å²) in [5.41, 5.74) is -1.88. The van der Waals surface area contributed by atoms with E-state index in [1.165, 1.54) is 19.1 Å². The van der Waals surface area contributed by atoms with Gasteiger partial charge in [-0.2, -0.15) is 0 Å². The van der Waals surface area contributed by atoms with E-state index in [9.17, 15) is 32.4 Å². The first-order valence-corrected chi connectivity index (χ1v) is 20.2. The van der Waals surface area contributed by atoms with Crippen LogP contribution in [0.2, 0.25) is 0 Å². The fourth-order valence-electron chi connectivity index (χ4n) is 8.10. The van der Waals surface area contributed by atoms with E-state index in [-0.39, 0.29) is 50.2 Å². The number of methoxy groups -OCH3 is 2. The first-order chi connectivity index (χ1) is 25.1. The number of allylic oxidation sites excluding steroid dienone is 1. The van der Waals surface area contributed by atoms with Crippen LogP contribution in [0, 0.1) is 23.7 Å². The molecular weight excluding hydrogens is 705 g/mol. The Morgan fingerprint density at radius 3 is 2.40 bits per heavy atom. The Morgan fingerprint density at radius 1 is 0.981 bits per heavy atom. The van der Waals surface area contributed by atoms with Crippen molar-refractivity contribution in [1.29, 1.82) is 0 Å². The lowest BCUT2D eigenvalue weighted by atomic mass is 9.92. The quantitative estimate of drug-likeness (QED) is 0.296. The van der Waals surface area contributed by atoms with Gasteiger partial charge in [-0.05, 0) is 77.5 Å². The number of nitrogens with one attached hydrogen (secondary N) is 2. The van der Waals surface area contributed by atoms with Crippen molar-refractivity contribution in [1.82, 2.24) is 19.8 Å². The molecule has 1 aromatic carbocycles. The summed E-state index contributed by atoms with van der Waals surface area (Å²) in [5, 5.41) is 2.29. The Kier molecular flexibility index (Phi) is 10.9. The van der Waals surface area contributed by atoms with Crippen LogP contribution < -0.4 is 19.5 Å². The molecule has 0 spiro atoms. The van der Waals surface area contributed by atoms with Gasteiger partial charge in [-0.25, -0.2) is 8.42 Å². The molecule has 6 atom stereocenters. The second kappa shape index (κ2) is 14.9. The fraction of sp³-hybridized carbons (Fsp3) is 0.658. The molecule has 5 aliphatic rings. The van der Waals surface area contributed by atoms with Gasteiger partial charge < -0.3 is 29.3 Å². The summed E-state index contributed by atoms with van der Waals surface area (Å²) >= 11 is 0. The van der Waals surface area contributed by atoms with Crippen molar-refractivity contribution >= 4 is 39.6 Å². The predicted octanol–water partition coefficient (Wildman–Crippen LogP) is 2.95. The summed E-state index contributed by atoms with van der Waals surface area (Å²) in [6.45, 7) is 5.90. The van der Waals surface area contributed by atoms with Crippen LogP contribution in [0.5, 0.6) is 11.5 Å². The van der Waals surface area contributed by atoms with E-state index in [0.717, 1.165) is 12.8 Å². The molecule has 4 amide bonds. The summed E-state index contributed by atoms with van der Waals surface area (Å²) in [4.78, 5) is 73.0. The predicted molar refractivity (Wildman–Crippen MR) is 193 cm³/mol. The van der Waals surface area contributed by atoms with Crippen LogP contribution in [-0.4, -0.2) is 104 Å². The number of hydrogen-bond acceptors (Lipinski definition) is 10. The Morgan fingerprint density at radius 2 is 1.72 bits per heavy atom. The number of carbonyl (C=O) groups is 5. The van der Waals surface area contributed by atoms with Crippen molar-refractivity contribution in [3.05, 3.63) is 35.9 Å². The molecule has 0 radical (unpaired) electrons. The third kappa shape index (κ3) is 8.34. The van der Waals surface area contributed by atoms with E-state index in [2.05, 4.69) is 10.0 Å². The molecule has 2 aliphatic carbocycles. The molecule has 0 unspecified atom stereocenters. The SMILES string of the molecule is COc1ccc(C(=O)N2C[C@H]3CN4C(=O)[C@H](CC(=O)OC(C)(C)C)CCCCC/C=C\[C@@H]5C[C@@]5(C(=O)NS(=O)(=O)C5CC5)NC(=O)[C@@H]4[C@H]3C2)cc1OC. The molecule has 0 bridgehead atoms. The number of nitrogens with zero attached hydrogens (tertiary/aromatic N) is 2. The zero-order valence-electron chi connectivity index (χ0n) is 31.2. The van der Waals surface area contributed by atoms with Gasteiger partial charge in [-0.1, -0.05) is 25.0 Å². The van der Waals surface area contributed by atoms with Crippen LogP contribution in [0.4, 0.5) is 0 Å². The van der Waals surface area contributed by atoms with Crippen LogP contribution in [0.1, 0.15) is 88.9 Å². The molecule has 3 aliphatic heterocycles. The van der Waals surface area contributed by atoms with Crippen LogP contribution in [0.3, 0.4) is 0 Å². The summed E-state index contributed by atoms with van der Waals surface area (Å²) < 4.78 is 44.3. The lowest BCUT2D eigenvalue weighted by molar-refractivity contribution is -0.159. The zero-order chi connectivity index (χ0) is 38.3. The molecule has 15 heteroatoms. The van der Waals surface area contributed by atoms with Crippen LogP contribution in [-0.2, 0) is 33.9 Å². The molecule has 4 fully saturated rings.